The van der Waals surface area contributed by atoms with E-state index in [0.717, 1.165) is 17.7 Å². The Labute approximate surface area is 130 Å². The number of likely N-dealkylation sites (N-methyl/N-ethyl adjacent to an activating group) is 1. The Morgan fingerprint density at radius 1 is 1.41 bits per heavy atom. The van der Waals surface area contributed by atoms with Gasteiger partial charge in [-0.3, -0.25) is 4.79 Å². The molecule has 3 rings (SSSR count). The molecule has 1 N–H and O–H groups in total. The molecule has 1 aromatic rings. The number of rotatable bonds is 4. The van der Waals surface area contributed by atoms with Crippen LogP contribution in [0.15, 0.2) is 18.2 Å². The first kappa shape index (κ1) is 14.7. The van der Waals surface area contributed by atoms with E-state index < -0.39 is 0 Å². The summed E-state index contributed by atoms with van der Waals surface area (Å²) >= 11 is 0. The summed E-state index contributed by atoms with van der Waals surface area (Å²) < 4.78 is 5.66. The first-order valence-corrected chi connectivity index (χ1v) is 7.58. The number of fused-ring (bicyclic) bond motifs is 1. The van der Waals surface area contributed by atoms with E-state index in [4.69, 9.17) is 4.74 Å². The zero-order valence-electron chi connectivity index (χ0n) is 13.0. The molecule has 6 nitrogen and oxygen atoms in total. The van der Waals surface area contributed by atoms with Crippen LogP contribution in [0, 0.1) is 0 Å². The summed E-state index contributed by atoms with van der Waals surface area (Å²) in [5, 5.41) is 2.87. The van der Waals surface area contributed by atoms with Gasteiger partial charge >= 0.3 is 6.03 Å². The van der Waals surface area contributed by atoms with Gasteiger partial charge < -0.3 is 19.9 Å². The summed E-state index contributed by atoms with van der Waals surface area (Å²) in [4.78, 5) is 26.9. The molecule has 6 heteroatoms. The summed E-state index contributed by atoms with van der Waals surface area (Å²) in [6.07, 6.45) is 1.13. The summed E-state index contributed by atoms with van der Waals surface area (Å²) in [5.41, 5.74) is 2.24. The van der Waals surface area contributed by atoms with Gasteiger partial charge in [0.2, 0.25) is 5.91 Å². The number of urea groups is 1. The number of benzene rings is 1. The van der Waals surface area contributed by atoms with Gasteiger partial charge in [0, 0.05) is 33.1 Å². The number of amides is 3. The van der Waals surface area contributed by atoms with E-state index in [2.05, 4.69) is 11.4 Å². The molecule has 0 aliphatic carbocycles. The molecule has 22 heavy (non-hydrogen) atoms. The van der Waals surface area contributed by atoms with Crippen LogP contribution in [-0.4, -0.2) is 54.5 Å². The fourth-order valence-electron chi connectivity index (χ4n) is 2.87. The highest BCUT2D eigenvalue weighted by Gasteiger charge is 2.26. The van der Waals surface area contributed by atoms with E-state index in [0.29, 0.717) is 19.6 Å². The molecular formula is C16H21N3O3. The van der Waals surface area contributed by atoms with Crippen molar-refractivity contribution in [2.24, 2.45) is 0 Å². The topological polar surface area (TPSA) is 61.9 Å². The van der Waals surface area contributed by atoms with Crippen LogP contribution >= 0.6 is 0 Å². The van der Waals surface area contributed by atoms with Crippen molar-refractivity contribution in [2.45, 2.75) is 26.0 Å². The molecule has 1 aromatic carbocycles. The summed E-state index contributed by atoms with van der Waals surface area (Å²) in [5.74, 6) is 0.807. The van der Waals surface area contributed by atoms with Crippen LogP contribution in [0.3, 0.4) is 0 Å². The molecular weight excluding hydrogens is 282 g/mol. The summed E-state index contributed by atoms with van der Waals surface area (Å²) in [6, 6.07) is 5.91. The molecule has 0 saturated carbocycles. The van der Waals surface area contributed by atoms with Crippen LogP contribution in [0.1, 0.15) is 18.1 Å². The predicted molar refractivity (Wildman–Crippen MR) is 81.7 cm³/mol. The average Bonchev–Trinajstić information content (AvgIpc) is 3.00. The smallest absolute Gasteiger partial charge is 0.320 e. The maximum atomic E-state index is 12.0. The standard InChI is InChI=1S/C16H21N3O3/c1-11-7-13-8-12(3-4-14(13)22-11)9-17-15(20)10-19-6-5-18(2)16(19)21/h3-4,8,11H,5-7,9-10H2,1-2H3,(H,17,20). The van der Waals surface area contributed by atoms with Crippen molar-refractivity contribution in [2.75, 3.05) is 26.7 Å². The van der Waals surface area contributed by atoms with Gasteiger partial charge in [-0.15, -0.1) is 0 Å². The lowest BCUT2D eigenvalue weighted by molar-refractivity contribution is -0.121. The second-order valence-corrected chi connectivity index (χ2v) is 5.98. The number of hydrogen-bond donors (Lipinski definition) is 1. The number of nitrogens with zero attached hydrogens (tertiary/aromatic N) is 2. The third-order valence-corrected chi connectivity index (χ3v) is 4.09. The highest BCUT2D eigenvalue weighted by atomic mass is 16.5. The predicted octanol–water partition coefficient (Wildman–Crippen LogP) is 0.994. The Hall–Kier alpha value is -2.24. The lowest BCUT2D eigenvalue weighted by Crippen LogP contribution is -2.39. The Kier molecular flexibility index (Phi) is 3.92. The number of ether oxygens (including phenoxy) is 1. The van der Waals surface area contributed by atoms with E-state index in [1.165, 1.54) is 5.56 Å². The highest BCUT2D eigenvalue weighted by molar-refractivity contribution is 5.84. The van der Waals surface area contributed by atoms with Gasteiger partial charge in [0.25, 0.3) is 0 Å². The van der Waals surface area contributed by atoms with E-state index in [-0.39, 0.29) is 24.6 Å². The van der Waals surface area contributed by atoms with Crippen molar-refractivity contribution in [1.29, 1.82) is 0 Å². The second-order valence-electron chi connectivity index (χ2n) is 5.98. The van der Waals surface area contributed by atoms with Crippen molar-refractivity contribution < 1.29 is 14.3 Å². The fourth-order valence-corrected chi connectivity index (χ4v) is 2.87. The zero-order valence-corrected chi connectivity index (χ0v) is 13.0. The molecule has 1 unspecified atom stereocenters. The van der Waals surface area contributed by atoms with Crippen molar-refractivity contribution >= 4 is 11.9 Å². The third-order valence-electron chi connectivity index (χ3n) is 4.09. The van der Waals surface area contributed by atoms with Gasteiger partial charge in [-0.2, -0.15) is 0 Å². The van der Waals surface area contributed by atoms with E-state index in [1.54, 1.807) is 16.8 Å². The number of carbonyl (C=O) groups is 2. The van der Waals surface area contributed by atoms with Crippen LogP contribution in [-0.2, 0) is 17.8 Å². The molecule has 118 valence electrons. The molecule has 2 heterocycles. The third kappa shape index (κ3) is 3.00. The Morgan fingerprint density at radius 3 is 2.95 bits per heavy atom. The number of nitrogens with one attached hydrogen (secondary N) is 1. The Balaban J connectivity index is 1.51. The van der Waals surface area contributed by atoms with Crippen molar-refractivity contribution in [3.8, 4) is 5.75 Å². The van der Waals surface area contributed by atoms with Gasteiger partial charge in [0.05, 0.1) is 0 Å². The second kappa shape index (κ2) is 5.87. The fraction of sp³-hybridized carbons (Fsp3) is 0.500. The van der Waals surface area contributed by atoms with Crippen molar-refractivity contribution in [3.63, 3.8) is 0 Å². The molecule has 0 spiro atoms. The minimum Gasteiger partial charge on any atom is -0.490 e. The lowest BCUT2D eigenvalue weighted by atomic mass is 10.1. The van der Waals surface area contributed by atoms with Gasteiger partial charge in [-0.1, -0.05) is 12.1 Å². The van der Waals surface area contributed by atoms with Crippen LogP contribution < -0.4 is 10.1 Å². The van der Waals surface area contributed by atoms with Crippen LogP contribution in [0.2, 0.25) is 0 Å². The largest absolute Gasteiger partial charge is 0.490 e. The maximum absolute atomic E-state index is 12.0. The maximum Gasteiger partial charge on any atom is 0.320 e. The minimum atomic E-state index is -0.131. The molecule has 2 aliphatic heterocycles. The Bertz CT molecular complexity index is 602. The minimum absolute atomic E-state index is 0.0844. The number of hydrogen-bond acceptors (Lipinski definition) is 3. The zero-order chi connectivity index (χ0) is 15.7. The normalized spacial score (nSPS) is 20.1. The van der Waals surface area contributed by atoms with Crippen LogP contribution in [0.5, 0.6) is 5.75 Å². The SMILES string of the molecule is CC1Cc2cc(CNC(=O)CN3CCN(C)C3=O)ccc2O1. The quantitative estimate of drug-likeness (QED) is 0.902. The van der Waals surface area contributed by atoms with Crippen molar-refractivity contribution in [1.82, 2.24) is 15.1 Å². The molecule has 3 amide bonds. The molecule has 1 fully saturated rings. The summed E-state index contributed by atoms with van der Waals surface area (Å²) in [6.45, 7) is 3.92. The summed E-state index contributed by atoms with van der Waals surface area (Å²) in [7, 11) is 1.74. The van der Waals surface area contributed by atoms with Gasteiger partial charge in [-0.25, -0.2) is 4.79 Å². The van der Waals surface area contributed by atoms with Gasteiger partial charge in [-0.05, 0) is 24.1 Å². The van der Waals surface area contributed by atoms with Gasteiger partial charge in [0.1, 0.15) is 18.4 Å². The van der Waals surface area contributed by atoms with E-state index >= 15 is 0 Å². The molecule has 1 saturated heterocycles. The molecule has 2 aliphatic rings. The molecule has 0 bridgehead atoms. The molecule has 0 aromatic heterocycles. The van der Waals surface area contributed by atoms with Crippen LogP contribution in [0.4, 0.5) is 4.79 Å². The van der Waals surface area contributed by atoms with Gasteiger partial charge in [0.15, 0.2) is 0 Å². The first-order chi connectivity index (χ1) is 10.5. The average molecular weight is 303 g/mol. The monoisotopic (exact) mass is 303 g/mol. The molecule has 0 radical (unpaired) electrons. The van der Waals surface area contributed by atoms with E-state index in [9.17, 15) is 9.59 Å². The molecule has 1 atom stereocenters. The number of carbonyl (C=O) groups excluding carboxylic acids is 2. The lowest BCUT2D eigenvalue weighted by Gasteiger charge is -2.15. The Morgan fingerprint density at radius 2 is 2.23 bits per heavy atom. The highest BCUT2D eigenvalue weighted by Crippen LogP contribution is 2.29. The van der Waals surface area contributed by atoms with Crippen LogP contribution in [0.25, 0.3) is 0 Å². The van der Waals surface area contributed by atoms with E-state index in [1.807, 2.05) is 19.1 Å². The van der Waals surface area contributed by atoms with Crippen molar-refractivity contribution in [3.05, 3.63) is 29.3 Å². The first-order valence-electron chi connectivity index (χ1n) is 7.58.